The van der Waals surface area contributed by atoms with E-state index in [1.807, 2.05) is 42.5 Å². The number of hydrogen-bond donors (Lipinski definition) is 0. The average molecular weight is 382 g/mol. The first kappa shape index (κ1) is 19.7. The van der Waals surface area contributed by atoms with Gasteiger partial charge in [-0.3, -0.25) is 0 Å². The van der Waals surface area contributed by atoms with Crippen LogP contribution in [0, 0.1) is 5.41 Å². The average Bonchev–Trinajstić information content (AvgIpc) is 3.13. The van der Waals surface area contributed by atoms with Crippen molar-refractivity contribution in [2.75, 3.05) is 14.2 Å². The van der Waals surface area contributed by atoms with Gasteiger partial charge in [0, 0.05) is 12.0 Å². The van der Waals surface area contributed by atoms with Gasteiger partial charge in [0.2, 0.25) is 11.7 Å². The van der Waals surface area contributed by atoms with Crippen molar-refractivity contribution in [3.63, 3.8) is 0 Å². The number of methoxy groups -OCH3 is 2. The van der Waals surface area contributed by atoms with Crippen LogP contribution >= 0.6 is 0 Å². The second kappa shape index (κ2) is 8.33. The quantitative estimate of drug-likeness (QED) is 0.578. The third kappa shape index (κ3) is 5.03. The van der Waals surface area contributed by atoms with E-state index in [4.69, 9.17) is 18.7 Å². The lowest BCUT2D eigenvalue weighted by molar-refractivity contribution is 0.284. The fraction of sp³-hybridized carbons (Fsp3) is 0.364. The number of nitrogens with zero attached hydrogens (tertiary/aromatic N) is 2. The molecule has 0 bridgehead atoms. The SMILES string of the molecule is COc1cccc(COc2ccc(-c3noc(CC(C)(C)C)n3)cc2OC)c1. The second-order valence-corrected chi connectivity index (χ2v) is 7.76. The summed E-state index contributed by atoms with van der Waals surface area (Å²) in [4.78, 5) is 4.50. The predicted octanol–water partition coefficient (Wildman–Crippen LogP) is 4.92. The van der Waals surface area contributed by atoms with E-state index in [2.05, 4.69) is 30.9 Å². The normalized spacial score (nSPS) is 11.3. The number of hydrogen-bond acceptors (Lipinski definition) is 6. The third-order valence-electron chi connectivity index (χ3n) is 4.10. The van der Waals surface area contributed by atoms with Crippen LogP contribution in [-0.2, 0) is 13.0 Å². The van der Waals surface area contributed by atoms with E-state index >= 15 is 0 Å². The van der Waals surface area contributed by atoms with Crippen LogP contribution in [0.25, 0.3) is 11.4 Å². The van der Waals surface area contributed by atoms with Crippen molar-refractivity contribution in [3.8, 4) is 28.6 Å². The van der Waals surface area contributed by atoms with Gasteiger partial charge < -0.3 is 18.7 Å². The zero-order valence-corrected chi connectivity index (χ0v) is 17.0. The molecule has 3 aromatic rings. The number of aromatic nitrogens is 2. The fourth-order valence-electron chi connectivity index (χ4n) is 2.75. The minimum atomic E-state index is 0.0826. The van der Waals surface area contributed by atoms with Crippen LogP contribution < -0.4 is 14.2 Å². The molecule has 0 fully saturated rings. The molecular weight excluding hydrogens is 356 g/mol. The summed E-state index contributed by atoms with van der Waals surface area (Å²) in [6.07, 6.45) is 0.721. The van der Waals surface area contributed by atoms with Crippen LogP contribution in [0.15, 0.2) is 47.0 Å². The third-order valence-corrected chi connectivity index (χ3v) is 4.10. The van der Waals surface area contributed by atoms with Crippen molar-refractivity contribution in [3.05, 3.63) is 53.9 Å². The Kier molecular flexibility index (Phi) is 5.87. The van der Waals surface area contributed by atoms with E-state index in [-0.39, 0.29) is 5.41 Å². The summed E-state index contributed by atoms with van der Waals surface area (Å²) in [6.45, 7) is 6.81. The second-order valence-electron chi connectivity index (χ2n) is 7.76. The minimum absolute atomic E-state index is 0.0826. The number of ether oxygens (including phenoxy) is 3. The molecule has 1 heterocycles. The van der Waals surface area contributed by atoms with Crippen LogP contribution in [0.1, 0.15) is 32.2 Å². The first-order valence-corrected chi connectivity index (χ1v) is 9.15. The highest BCUT2D eigenvalue weighted by atomic mass is 16.5. The van der Waals surface area contributed by atoms with Crippen molar-refractivity contribution < 1.29 is 18.7 Å². The summed E-state index contributed by atoms with van der Waals surface area (Å²) < 4.78 is 22.0. The lowest BCUT2D eigenvalue weighted by Gasteiger charge is -2.13. The summed E-state index contributed by atoms with van der Waals surface area (Å²) in [5.41, 5.74) is 1.91. The van der Waals surface area contributed by atoms with Gasteiger partial charge in [-0.2, -0.15) is 4.98 Å². The Hall–Kier alpha value is -3.02. The number of benzene rings is 2. The van der Waals surface area contributed by atoms with Gasteiger partial charge in [0.25, 0.3) is 0 Å². The van der Waals surface area contributed by atoms with Crippen LogP contribution in [-0.4, -0.2) is 24.4 Å². The van der Waals surface area contributed by atoms with Gasteiger partial charge in [0.05, 0.1) is 14.2 Å². The van der Waals surface area contributed by atoms with Crippen molar-refractivity contribution in [2.24, 2.45) is 5.41 Å². The maximum atomic E-state index is 5.93. The standard InChI is InChI=1S/C22H26N2O4/c1-22(2,3)13-20-23-21(24-28-20)16-9-10-18(19(12-16)26-5)27-14-15-7-6-8-17(11-15)25-4/h6-12H,13-14H2,1-5H3. The highest BCUT2D eigenvalue weighted by molar-refractivity contribution is 5.60. The molecule has 0 unspecified atom stereocenters. The van der Waals surface area contributed by atoms with E-state index in [0.717, 1.165) is 23.3 Å². The maximum absolute atomic E-state index is 5.93. The Morgan fingerprint density at radius 2 is 1.79 bits per heavy atom. The molecule has 3 rings (SSSR count). The molecule has 148 valence electrons. The molecule has 1 aromatic heterocycles. The molecule has 0 amide bonds. The molecule has 0 radical (unpaired) electrons. The molecule has 0 spiro atoms. The molecule has 6 nitrogen and oxygen atoms in total. The molecule has 0 aliphatic heterocycles. The van der Waals surface area contributed by atoms with E-state index in [9.17, 15) is 0 Å². The van der Waals surface area contributed by atoms with Crippen LogP contribution in [0.4, 0.5) is 0 Å². The lowest BCUT2D eigenvalue weighted by atomic mass is 9.92. The molecule has 6 heteroatoms. The Balaban J connectivity index is 1.75. The zero-order chi connectivity index (χ0) is 20.1. The van der Waals surface area contributed by atoms with Crippen LogP contribution in [0.3, 0.4) is 0 Å². The molecule has 0 aliphatic rings. The Labute approximate surface area is 165 Å². The Morgan fingerprint density at radius 1 is 0.964 bits per heavy atom. The molecule has 28 heavy (non-hydrogen) atoms. The van der Waals surface area contributed by atoms with E-state index in [1.165, 1.54) is 0 Å². The minimum Gasteiger partial charge on any atom is -0.497 e. The molecular formula is C22H26N2O4. The first-order chi connectivity index (χ1) is 13.4. The van der Waals surface area contributed by atoms with Crippen molar-refractivity contribution in [1.29, 1.82) is 0 Å². The summed E-state index contributed by atoms with van der Waals surface area (Å²) in [6, 6.07) is 13.4. The van der Waals surface area contributed by atoms with Crippen molar-refractivity contribution in [2.45, 2.75) is 33.8 Å². The number of rotatable bonds is 7. The molecule has 0 saturated carbocycles. The Bertz CT molecular complexity index is 928. The predicted molar refractivity (Wildman–Crippen MR) is 107 cm³/mol. The highest BCUT2D eigenvalue weighted by Gasteiger charge is 2.18. The fourth-order valence-corrected chi connectivity index (χ4v) is 2.75. The molecule has 0 atom stereocenters. The van der Waals surface area contributed by atoms with E-state index < -0.39 is 0 Å². The van der Waals surface area contributed by atoms with Crippen molar-refractivity contribution in [1.82, 2.24) is 10.1 Å². The largest absolute Gasteiger partial charge is 0.497 e. The highest BCUT2D eigenvalue weighted by Crippen LogP contribution is 2.32. The summed E-state index contributed by atoms with van der Waals surface area (Å²) in [7, 11) is 3.26. The first-order valence-electron chi connectivity index (χ1n) is 9.15. The summed E-state index contributed by atoms with van der Waals surface area (Å²) in [5.74, 6) is 3.22. The van der Waals surface area contributed by atoms with Crippen molar-refractivity contribution >= 4 is 0 Å². The van der Waals surface area contributed by atoms with Gasteiger partial charge in [0.1, 0.15) is 12.4 Å². The van der Waals surface area contributed by atoms with Crippen LogP contribution in [0.5, 0.6) is 17.2 Å². The van der Waals surface area contributed by atoms with Crippen LogP contribution in [0.2, 0.25) is 0 Å². The van der Waals surface area contributed by atoms with E-state index in [1.54, 1.807) is 14.2 Å². The maximum Gasteiger partial charge on any atom is 0.227 e. The van der Waals surface area contributed by atoms with Gasteiger partial charge in [0.15, 0.2) is 11.5 Å². The molecule has 2 aromatic carbocycles. The van der Waals surface area contributed by atoms with Gasteiger partial charge in [-0.05, 0) is 41.3 Å². The topological polar surface area (TPSA) is 66.6 Å². The van der Waals surface area contributed by atoms with Gasteiger partial charge in [-0.15, -0.1) is 0 Å². The monoisotopic (exact) mass is 382 g/mol. The zero-order valence-electron chi connectivity index (χ0n) is 17.0. The molecule has 0 N–H and O–H groups in total. The van der Waals surface area contributed by atoms with Gasteiger partial charge in [-0.25, -0.2) is 0 Å². The van der Waals surface area contributed by atoms with E-state index in [0.29, 0.717) is 29.8 Å². The molecule has 0 saturated heterocycles. The lowest BCUT2D eigenvalue weighted by Crippen LogP contribution is -2.09. The van der Waals surface area contributed by atoms with Gasteiger partial charge >= 0.3 is 0 Å². The molecule has 0 aliphatic carbocycles. The summed E-state index contributed by atoms with van der Waals surface area (Å²) in [5, 5.41) is 4.09. The summed E-state index contributed by atoms with van der Waals surface area (Å²) >= 11 is 0. The smallest absolute Gasteiger partial charge is 0.227 e. The van der Waals surface area contributed by atoms with Gasteiger partial charge in [-0.1, -0.05) is 38.1 Å². The Morgan fingerprint density at radius 3 is 2.50 bits per heavy atom.